The van der Waals surface area contributed by atoms with Crippen molar-refractivity contribution in [2.45, 2.75) is 26.0 Å². The third-order valence-corrected chi connectivity index (χ3v) is 3.41. The second-order valence-electron chi connectivity index (χ2n) is 4.89. The standard InChI is InChI=1S/C17H21NO2/c1-12-6-4-5-7-16(12)20-13(2)17(18)14-8-10-15(19-3)11-9-14/h4-11,13,17H,18H2,1-3H3. The molecule has 0 heterocycles. The number of nitrogens with two attached hydrogens (primary N) is 1. The number of hydrogen-bond donors (Lipinski definition) is 1. The number of para-hydroxylation sites is 1. The molecule has 0 saturated heterocycles. The lowest BCUT2D eigenvalue weighted by molar-refractivity contribution is 0.189. The van der Waals surface area contributed by atoms with E-state index in [-0.39, 0.29) is 12.1 Å². The minimum atomic E-state index is -0.180. The van der Waals surface area contributed by atoms with E-state index in [1.165, 1.54) is 0 Å². The van der Waals surface area contributed by atoms with Gasteiger partial charge in [0, 0.05) is 0 Å². The van der Waals surface area contributed by atoms with Gasteiger partial charge in [-0.3, -0.25) is 0 Å². The van der Waals surface area contributed by atoms with Crippen LogP contribution in [0.4, 0.5) is 0 Å². The van der Waals surface area contributed by atoms with Crippen molar-refractivity contribution in [3.05, 3.63) is 59.7 Å². The summed E-state index contributed by atoms with van der Waals surface area (Å²) in [5.41, 5.74) is 8.41. The van der Waals surface area contributed by atoms with Gasteiger partial charge in [-0.25, -0.2) is 0 Å². The quantitative estimate of drug-likeness (QED) is 0.905. The Hall–Kier alpha value is -2.00. The van der Waals surface area contributed by atoms with Crippen LogP contribution in [0.25, 0.3) is 0 Å². The first-order valence-corrected chi connectivity index (χ1v) is 6.73. The van der Waals surface area contributed by atoms with E-state index in [2.05, 4.69) is 0 Å². The molecule has 0 radical (unpaired) electrons. The fourth-order valence-electron chi connectivity index (χ4n) is 2.06. The first-order chi connectivity index (χ1) is 9.61. The van der Waals surface area contributed by atoms with Crippen LogP contribution in [-0.4, -0.2) is 13.2 Å². The van der Waals surface area contributed by atoms with E-state index >= 15 is 0 Å². The Kier molecular flexibility index (Phi) is 4.64. The number of rotatable bonds is 5. The van der Waals surface area contributed by atoms with Gasteiger partial charge in [-0.15, -0.1) is 0 Å². The lowest BCUT2D eigenvalue weighted by Gasteiger charge is -2.23. The van der Waals surface area contributed by atoms with Gasteiger partial charge >= 0.3 is 0 Å². The fraction of sp³-hybridized carbons (Fsp3) is 0.294. The van der Waals surface area contributed by atoms with Gasteiger partial charge in [0.2, 0.25) is 0 Å². The van der Waals surface area contributed by atoms with Crippen molar-refractivity contribution in [3.8, 4) is 11.5 Å². The molecule has 0 spiro atoms. The summed E-state index contributed by atoms with van der Waals surface area (Å²) >= 11 is 0. The van der Waals surface area contributed by atoms with Crippen LogP contribution in [0.1, 0.15) is 24.1 Å². The number of hydrogen-bond acceptors (Lipinski definition) is 3. The van der Waals surface area contributed by atoms with Crippen molar-refractivity contribution >= 4 is 0 Å². The van der Waals surface area contributed by atoms with Gasteiger partial charge in [-0.2, -0.15) is 0 Å². The summed E-state index contributed by atoms with van der Waals surface area (Å²) in [7, 11) is 1.65. The molecule has 0 fully saturated rings. The SMILES string of the molecule is COc1ccc(C(N)C(C)Oc2ccccc2C)cc1. The zero-order valence-electron chi connectivity index (χ0n) is 12.2. The molecule has 106 valence electrons. The molecule has 0 saturated carbocycles. The topological polar surface area (TPSA) is 44.5 Å². The summed E-state index contributed by atoms with van der Waals surface area (Å²) in [6.07, 6.45) is -0.107. The normalized spacial score (nSPS) is 13.6. The molecule has 0 amide bonds. The van der Waals surface area contributed by atoms with Crippen LogP contribution in [-0.2, 0) is 0 Å². The number of ether oxygens (including phenoxy) is 2. The molecule has 0 aromatic heterocycles. The van der Waals surface area contributed by atoms with Crippen LogP contribution in [0.3, 0.4) is 0 Å². The van der Waals surface area contributed by atoms with E-state index in [0.717, 1.165) is 22.6 Å². The summed E-state index contributed by atoms with van der Waals surface area (Å²) in [5.74, 6) is 1.71. The minimum Gasteiger partial charge on any atom is -0.497 e. The van der Waals surface area contributed by atoms with Gasteiger partial charge in [-0.1, -0.05) is 30.3 Å². The summed E-state index contributed by atoms with van der Waals surface area (Å²) in [6, 6.07) is 15.5. The highest BCUT2D eigenvalue weighted by molar-refractivity contribution is 5.33. The van der Waals surface area contributed by atoms with Crippen molar-refractivity contribution in [3.63, 3.8) is 0 Å². The Labute approximate surface area is 120 Å². The average molecular weight is 271 g/mol. The molecular formula is C17H21NO2. The van der Waals surface area contributed by atoms with E-state index in [1.807, 2.05) is 62.4 Å². The third-order valence-electron chi connectivity index (χ3n) is 3.41. The summed E-state index contributed by atoms with van der Waals surface area (Å²) in [6.45, 7) is 4.02. The highest BCUT2D eigenvalue weighted by Gasteiger charge is 2.17. The lowest BCUT2D eigenvalue weighted by Crippen LogP contribution is -2.28. The molecule has 2 N–H and O–H groups in total. The molecule has 20 heavy (non-hydrogen) atoms. The highest BCUT2D eigenvalue weighted by atomic mass is 16.5. The average Bonchev–Trinajstić information content (AvgIpc) is 2.49. The van der Waals surface area contributed by atoms with Gasteiger partial charge in [0.15, 0.2) is 0 Å². The third kappa shape index (κ3) is 3.31. The zero-order valence-corrected chi connectivity index (χ0v) is 12.2. The molecular weight excluding hydrogens is 250 g/mol. The summed E-state index contributed by atoms with van der Waals surface area (Å²) in [5, 5.41) is 0. The summed E-state index contributed by atoms with van der Waals surface area (Å²) < 4.78 is 11.1. The predicted molar refractivity (Wildman–Crippen MR) is 81.2 cm³/mol. The lowest BCUT2D eigenvalue weighted by atomic mass is 10.0. The van der Waals surface area contributed by atoms with Crippen LogP contribution in [0.15, 0.2) is 48.5 Å². The van der Waals surface area contributed by atoms with Crippen molar-refractivity contribution in [1.29, 1.82) is 0 Å². The summed E-state index contributed by atoms with van der Waals surface area (Å²) in [4.78, 5) is 0. The van der Waals surface area contributed by atoms with E-state index < -0.39 is 0 Å². The van der Waals surface area contributed by atoms with E-state index in [0.29, 0.717) is 0 Å². The van der Waals surface area contributed by atoms with Crippen LogP contribution in [0.5, 0.6) is 11.5 Å². The first kappa shape index (κ1) is 14.4. The van der Waals surface area contributed by atoms with Crippen molar-refractivity contribution < 1.29 is 9.47 Å². The Morgan fingerprint density at radius 2 is 1.65 bits per heavy atom. The first-order valence-electron chi connectivity index (χ1n) is 6.73. The van der Waals surface area contributed by atoms with Crippen molar-refractivity contribution in [2.75, 3.05) is 7.11 Å². The molecule has 2 aromatic rings. The highest BCUT2D eigenvalue weighted by Crippen LogP contribution is 2.24. The van der Waals surface area contributed by atoms with Crippen molar-refractivity contribution in [1.82, 2.24) is 0 Å². The molecule has 2 atom stereocenters. The van der Waals surface area contributed by atoms with Crippen LogP contribution in [0, 0.1) is 6.92 Å². The Morgan fingerprint density at radius 3 is 2.25 bits per heavy atom. The molecule has 2 unspecified atom stereocenters. The number of benzene rings is 2. The maximum atomic E-state index is 6.26. The van der Waals surface area contributed by atoms with Gasteiger partial charge < -0.3 is 15.2 Å². The molecule has 3 heteroatoms. The Balaban J connectivity index is 2.08. The van der Waals surface area contributed by atoms with Gasteiger partial charge in [0.25, 0.3) is 0 Å². The predicted octanol–water partition coefficient (Wildman–Crippen LogP) is 3.47. The van der Waals surface area contributed by atoms with Gasteiger partial charge in [-0.05, 0) is 43.2 Å². The molecule has 3 nitrogen and oxygen atoms in total. The van der Waals surface area contributed by atoms with E-state index in [4.69, 9.17) is 15.2 Å². The van der Waals surface area contributed by atoms with Gasteiger partial charge in [0.1, 0.15) is 17.6 Å². The van der Waals surface area contributed by atoms with Crippen LogP contribution < -0.4 is 15.2 Å². The second kappa shape index (κ2) is 6.44. The molecule has 0 aliphatic heterocycles. The van der Waals surface area contributed by atoms with Crippen molar-refractivity contribution in [2.24, 2.45) is 5.73 Å². The van der Waals surface area contributed by atoms with Crippen LogP contribution in [0.2, 0.25) is 0 Å². The van der Waals surface area contributed by atoms with E-state index in [9.17, 15) is 0 Å². The maximum absolute atomic E-state index is 6.26. The van der Waals surface area contributed by atoms with Gasteiger partial charge in [0.05, 0.1) is 13.2 Å². The largest absolute Gasteiger partial charge is 0.497 e. The van der Waals surface area contributed by atoms with E-state index in [1.54, 1.807) is 7.11 Å². The second-order valence-corrected chi connectivity index (χ2v) is 4.89. The maximum Gasteiger partial charge on any atom is 0.122 e. The Morgan fingerprint density at radius 1 is 1.00 bits per heavy atom. The molecule has 0 aliphatic carbocycles. The molecule has 0 bridgehead atoms. The molecule has 2 aromatic carbocycles. The van der Waals surface area contributed by atoms with Crippen LogP contribution >= 0.6 is 0 Å². The zero-order chi connectivity index (χ0) is 14.5. The fourth-order valence-corrected chi connectivity index (χ4v) is 2.06. The number of aryl methyl sites for hydroxylation is 1. The number of methoxy groups -OCH3 is 1. The molecule has 0 aliphatic rings. The Bertz CT molecular complexity index is 551. The minimum absolute atomic E-state index is 0.107. The monoisotopic (exact) mass is 271 g/mol. The molecule has 2 rings (SSSR count). The smallest absolute Gasteiger partial charge is 0.122 e.